The molecule has 0 aliphatic rings. The van der Waals surface area contributed by atoms with Gasteiger partial charge in [0.05, 0.1) is 17.9 Å². The first-order valence-corrected chi connectivity index (χ1v) is 8.49. The van der Waals surface area contributed by atoms with E-state index in [-0.39, 0.29) is 30.9 Å². The van der Waals surface area contributed by atoms with Gasteiger partial charge in [-0.1, -0.05) is 24.3 Å². The Morgan fingerprint density at radius 3 is 2.46 bits per heavy atom. The number of halogens is 2. The van der Waals surface area contributed by atoms with E-state index in [1.54, 1.807) is 38.1 Å². The van der Waals surface area contributed by atoms with E-state index in [1.165, 1.54) is 17.0 Å². The lowest BCUT2D eigenvalue weighted by atomic mass is 10.1. The number of benzene rings is 2. The third-order valence-corrected chi connectivity index (χ3v) is 3.95. The molecule has 0 bridgehead atoms. The van der Waals surface area contributed by atoms with E-state index < -0.39 is 17.6 Å². The van der Waals surface area contributed by atoms with E-state index in [4.69, 9.17) is 4.74 Å². The topological polar surface area (TPSA) is 46.6 Å². The molecule has 0 unspecified atom stereocenters. The number of carbonyl (C=O) groups is 2. The number of carbonyl (C=O) groups excluding carboxylic acids is 2. The van der Waals surface area contributed by atoms with Crippen LogP contribution in [0.5, 0.6) is 0 Å². The lowest BCUT2D eigenvalue weighted by Gasteiger charge is -2.23. The Kier molecular flexibility index (Phi) is 6.83. The molecule has 1 amide bonds. The summed E-state index contributed by atoms with van der Waals surface area (Å²) in [5.74, 6) is -2.66. The maximum Gasteiger partial charge on any atom is 0.340 e. The largest absolute Gasteiger partial charge is 0.462 e. The Hall–Kier alpha value is -2.76. The molecular formula is C20H21F2NO3. The fraction of sp³-hybridized carbons (Fsp3) is 0.300. The number of hydrogen-bond donors (Lipinski definition) is 0. The summed E-state index contributed by atoms with van der Waals surface area (Å²) in [6.45, 7) is 4.05. The number of nitrogens with zero attached hydrogens (tertiary/aromatic N) is 1. The third-order valence-electron chi connectivity index (χ3n) is 3.95. The lowest BCUT2D eigenvalue weighted by Crippen LogP contribution is -2.32. The molecule has 0 saturated heterocycles. The van der Waals surface area contributed by atoms with Gasteiger partial charge in [-0.25, -0.2) is 13.6 Å². The molecule has 0 radical (unpaired) electrons. The number of hydrogen-bond acceptors (Lipinski definition) is 3. The number of anilines is 1. The zero-order valence-corrected chi connectivity index (χ0v) is 14.8. The van der Waals surface area contributed by atoms with Crippen LogP contribution in [0.25, 0.3) is 0 Å². The summed E-state index contributed by atoms with van der Waals surface area (Å²) < 4.78 is 32.1. The number of aryl methyl sites for hydroxylation is 1. The fourth-order valence-electron chi connectivity index (χ4n) is 2.69. The molecule has 0 aliphatic heterocycles. The highest BCUT2D eigenvalue weighted by Gasteiger charge is 2.21. The van der Waals surface area contributed by atoms with Gasteiger partial charge in [0.2, 0.25) is 5.91 Å². The van der Waals surface area contributed by atoms with E-state index in [2.05, 4.69) is 0 Å². The quantitative estimate of drug-likeness (QED) is 0.697. The maximum absolute atomic E-state index is 13.8. The van der Waals surface area contributed by atoms with Crippen molar-refractivity contribution in [3.63, 3.8) is 0 Å². The summed E-state index contributed by atoms with van der Waals surface area (Å²) in [6, 6.07) is 10.6. The van der Waals surface area contributed by atoms with Crippen molar-refractivity contribution in [3.8, 4) is 0 Å². The van der Waals surface area contributed by atoms with Crippen LogP contribution in [0.2, 0.25) is 0 Å². The number of amides is 1. The molecule has 0 fully saturated rings. The molecule has 2 rings (SSSR count). The molecule has 0 heterocycles. The van der Waals surface area contributed by atoms with Gasteiger partial charge in [-0.05, 0) is 44.0 Å². The second-order valence-electron chi connectivity index (χ2n) is 5.59. The second kappa shape index (κ2) is 9.08. The van der Waals surface area contributed by atoms with Crippen molar-refractivity contribution in [2.24, 2.45) is 0 Å². The molecular weight excluding hydrogens is 340 g/mol. The van der Waals surface area contributed by atoms with Crippen molar-refractivity contribution in [1.82, 2.24) is 0 Å². The fourth-order valence-corrected chi connectivity index (χ4v) is 2.69. The monoisotopic (exact) mass is 361 g/mol. The third kappa shape index (κ3) is 4.45. The lowest BCUT2D eigenvalue weighted by molar-refractivity contribution is -0.118. The van der Waals surface area contributed by atoms with Crippen LogP contribution in [0.3, 0.4) is 0 Å². The first-order chi connectivity index (χ1) is 12.5. The number of ether oxygens (including phenoxy) is 1. The molecule has 26 heavy (non-hydrogen) atoms. The zero-order valence-electron chi connectivity index (χ0n) is 14.8. The highest BCUT2D eigenvalue weighted by molar-refractivity contribution is 6.02. The summed E-state index contributed by atoms with van der Waals surface area (Å²) in [6.07, 6.45) is 0.0614. The van der Waals surface area contributed by atoms with Crippen molar-refractivity contribution >= 4 is 17.6 Å². The average Bonchev–Trinajstić information content (AvgIpc) is 2.64. The first-order valence-electron chi connectivity index (χ1n) is 8.49. The molecule has 2 aromatic carbocycles. The van der Waals surface area contributed by atoms with Gasteiger partial charge < -0.3 is 9.64 Å². The molecule has 2 aromatic rings. The van der Waals surface area contributed by atoms with E-state index in [9.17, 15) is 18.4 Å². The zero-order chi connectivity index (χ0) is 19.1. The predicted molar refractivity (Wildman–Crippen MR) is 95.1 cm³/mol. The Morgan fingerprint density at radius 1 is 1.04 bits per heavy atom. The van der Waals surface area contributed by atoms with Crippen LogP contribution in [-0.4, -0.2) is 25.0 Å². The van der Waals surface area contributed by atoms with E-state index >= 15 is 0 Å². The first kappa shape index (κ1) is 19.6. The van der Waals surface area contributed by atoms with Gasteiger partial charge in [0.25, 0.3) is 0 Å². The van der Waals surface area contributed by atoms with Gasteiger partial charge in [0, 0.05) is 13.0 Å². The summed E-state index contributed by atoms with van der Waals surface area (Å²) in [5, 5.41) is 0. The standard InChI is InChI=1S/C20H21F2NO3/c1-3-23(17-11-6-5-9-15(17)20(25)26-4-2)18(24)13-12-14-8-7-10-16(21)19(14)22/h5-11H,3-4,12-13H2,1-2H3. The number of rotatable bonds is 7. The summed E-state index contributed by atoms with van der Waals surface area (Å²) in [4.78, 5) is 26.2. The molecule has 0 aromatic heterocycles. The molecule has 4 nitrogen and oxygen atoms in total. The van der Waals surface area contributed by atoms with Gasteiger partial charge in [0.1, 0.15) is 0 Å². The SMILES string of the molecule is CCOC(=O)c1ccccc1N(CC)C(=O)CCc1cccc(F)c1F. The van der Waals surface area contributed by atoms with Gasteiger partial charge in [-0.3, -0.25) is 4.79 Å². The van der Waals surface area contributed by atoms with Crippen molar-refractivity contribution < 1.29 is 23.1 Å². The molecule has 6 heteroatoms. The highest BCUT2D eigenvalue weighted by Crippen LogP contribution is 2.23. The Bertz CT molecular complexity index is 792. The average molecular weight is 361 g/mol. The smallest absolute Gasteiger partial charge is 0.340 e. The van der Waals surface area contributed by atoms with Gasteiger partial charge in [-0.15, -0.1) is 0 Å². The predicted octanol–water partition coefficient (Wildman–Crippen LogP) is 4.13. The van der Waals surface area contributed by atoms with E-state index in [0.717, 1.165) is 6.07 Å². The van der Waals surface area contributed by atoms with Crippen LogP contribution in [-0.2, 0) is 16.0 Å². The van der Waals surface area contributed by atoms with Crippen LogP contribution >= 0.6 is 0 Å². The Balaban J connectivity index is 2.19. The van der Waals surface area contributed by atoms with Crippen LogP contribution in [0, 0.1) is 11.6 Å². The van der Waals surface area contributed by atoms with Crippen LogP contribution in [0.1, 0.15) is 36.2 Å². The normalized spacial score (nSPS) is 10.5. The molecule has 0 aliphatic carbocycles. The molecule has 0 atom stereocenters. The summed E-state index contributed by atoms with van der Waals surface area (Å²) in [5.41, 5.74) is 0.882. The van der Waals surface area contributed by atoms with Gasteiger partial charge >= 0.3 is 5.97 Å². The van der Waals surface area contributed by atoms with E-state index in [1.807, 2.05) is 0 Å². The minimum Gasteiger partial charge on any atom is -0.462 e. The van der Waals surface area contributed by atoms with Crippen molar-refractivity contribution in [2.45, 2.75) is 26.7 Å². The van der Waals surface area contributed by atoms with E-state index in [0.29, 0.717) is 17.8 Å². The minimum atomic E-state index is -0.935. The van der Waals surface area contributed by atoms with Crippen LogP contribution in [0.15, 0.2) is 42.5 Å². The second-order valence-corrected chi connectivity index (χ2v) is 5.59. The van der Waals surface area contributed by atoms with Crippen LogP contribution in [0.4, 0.5) is 14.5 Å². The molecule has 0 N–H and O–H groups in total. The Labute approximate surface area is 151 Å². The Morgan fingerprint density at radius 2 is 1.77 bits per heavy atom. The van der Waals surface area contributed by atoms with Crippen molar-refractivity contribution in [1.29, 1.82) is 0 Å². The molecule has 0 saturated carbocycles. The van der Waals surface area contributed by atoms with Crippen molar-refractivity contribution in [3.05, 3.63) is 65.2 Å². The summed E-state index contributed by atoms with van der Waals surface area (Å²) in [7, 11) is 0. The van der Waals surface area contributed by atoms with Gasteiger partial charge in [0.15, 0.2) is 11.6 Å². The number of esters is 1. The minimum absolute atomic E-state index is 0.00856. The highest BCUT2D eigenvalue weighted by atomic mass is 19.2. The summed E-state index contributed by atoms with van der Waals surface area (Å²) >= 11 is 0. The number of para-hydroxylation sites is 1. The van der Waals surface area contributed by atoms with Crippen molar-refractivity contribution in [2.75, 3.05) is 18.1 Å². The molecule has 0 spiro atoms. The van der Waals surface area contributed by atoms with Crippen LogP contribution < -0.4 is 4.90 Å². The van der Waals surface area contributed by atoms with Gasteiger partial charge in [-0.2, -0.15) is 0 Å². The molecule has 138 valence electrons. The maximum atomic E-state index is 13.8.